The van der Waals surface area contributed by atoms with Crippen molar-refractivity contribution in [2.24, 2.45) is 10.1 Å². The molecule has 1 aromatic heterocycles. The van der Waals surface area contributed by atoms with Crippen molar-refractivity contribution in [3.63, 3.8) is 0 Å². The number of H-pyrrole nitrogens is 1. The van der Waals surface area contributed by atoms with E-state index in [9.17, 15) is 9.18 Å². The third kappa shape index (κ3) is 3.80. The molecular formula is C18H19FN4O2S. The van der Waals surface area contributed by atoms with Gasteiger partial charge in [0.05, 0.1) is 29.3 Å². The van der Waals surface area contributed by atoms with Crippen molar-refractivity contribution in [2.75, 3.05) is 12.4 Å². The molecule has 0 unspecified atom stereocenters. The standard InChI is InChI=1S/C18H19FN4O2S/c1-4-25-17(24)15-10(2)16(20-11(15)3)14-9-26-18(23-22-14)21-13-7-5-12(19)6-8-13/h5-8,20H,4,9H2,1-3H3,(H,21,23). The summed E-state index contributed by atoms with van der Waals surface area (Å²) >= 11 is 1.49. The first-order chi connectivity index (χ1) is 12.5. The Bertz CT molecular complexity index is 887. The molecule has 1 aliphatic rings. The number of nitrogens with one attached hydrogen (secondary N) is 2. The summed E-state index contributed by atoms with van der Waals surface area (Å²) in [4.78, 5) is 19.7. The number of esters is 1. The van der Waals surface area contributed by atoms with Crippen LogP contribution in [0.5, 0.6) is 0 Å². The lowest BCUT2D eigenvalue weighted by molar-refractivity contribution is 0.0525. The summed E-state index contributed by atoms with van der Waals surface area (Å²) < 4.78 is 18.1. The average molecular weight is 374 g/mol. The first kappa shape index (κ1) is 18.2. The Balaban J connectivity index is 1.80. The van der Waals surface area contributed by atoms with Gasteiger partial charge in [0.25, 0.3) is 0 Å². The molecule has 0 saturated carbocycles. The van der Waals surface area contributed by atoms with E-state index in [1.165, 1.54) is 23.9 Å². The van der Waals surface area contributed by atoms with Gasteiger partial charge in [0.1, 0.15) is 5.82 Å². The summed E-state index contributed by atoms with van der Waals surface area (Å²) in [5.41, 5.74) is 7.30. The van der Waals surface area contributed by atoms with Crippen LogP contribution >= 0.6 is 11.8 Å². The van der Waals surface area contributed by atoms with E-state index in [0.29, 0.717) is 28.8 Å². The SMILES string of the molecule is CCOC(=O)c1c(C)[nH]c(C2=NNC(=Nc3ccc(F)cc3)SC2)c1C. The number of halogens is 1. The molecule has 0 atom stereocenters. The zero-order valence-electron chi connectivity index (χ0n) is 14.7. The molecule has 0 spiro atoms. The van der Waals surface area contributed by atoms with Crippen LogP contribution in [0.2, 0.25) is 0 Å². The summed E-state index contributed by atoms with van der Waals surface area (Å²) in [5, 5.41) is 5.00. The maximum Gasteiger partial charge on any atom is 0.340 e. The van der Waals surface area contributed by atoms with E-state index < -0.39 is 0 Å². The molecule has 0 radical (unpaired) electrons. The van der Waals surface area contributed by atoms with Gasteiger partial charge in [0.2, 0.25) is 0 Å². The second-order valence-electron chi connectivity index (χ2n) is 5.70. The van der Waals surface area contributed by atoms with Gasteiger partial charge in [-0.1, -0.05) is 11.8 Å². The third-order valence-corrected chi connectivity index (χ3v) is 4.77. The molecule has 3 rings (SSSR count). The van der Waals surface area contributed by atoms with Gasteiger partial charge in [-0.05, 0) is 50.6 Å². The van der Waals surface area contributed by atoms with Gasteiger partial charge in [0, 0.05) is 11.4 Å². The molecule has 2 N–H and O–H groups in total. The first-order valence-electron chi connectivity index (χ1n) is 8.16. The summed E-state index contributed by atoms with van der Waals surface area (Å²) in [6, 6.07) is 5.94. The van der Waals surface area contributed by atoms with Crippen molar-refractivity contribution in [3.05, 3.63) is 52.6 Å². The highest BCUT2D eigenvalue weighted by Gasteiger charge is 2.23. The number of carbonyl (C=O) groups excluding carboxylic acids is 1. The zero-order valence-corrected chi connectivity index (χ0v) is 15.5. The zero-order chi connectivity index (χ0) is 18.7. The Labute approximate surface area is 154 Å². The molecule has 6 nitrogen and oxygen atoms in total. The Morgan fingerprint density at radius 1 is 1.35 bits per heavy atom. The topological polar surface area (TPSA) is 78.8 Å². The van der Waals surface area contributed by atoms with E-state index in [0.717, 1.165) is 22.7 Å². The highest BCUT2D eigenvalue weighted by atomic mass is 32.2. The van der Waals surface area contributed by atoms with Crippen molar-refractivity contribution >= 4 is 34.3 Å². The minimum Gasteiger partial charge on any atom is -0.462 e. The number of ether oxygens (including phenoxy) is 1. The van der Waals surface area contributed by atoms with E-state index in [1.54, 1.807) is 19.1 Å². The minimum absolute atomic E-state index is 0.298. The number of hydrazone groups is 1. The third-order valence-electron chi connectivity index (χ3n) is 3.90. The molecule has 0 fully saturated rings. The molecule has 0 bridgehead atoms. The van der Waals surface area contributed by atoms with Crippen molar-refractivity contribution in [1.29, 1.82) is 0 Å². The monoisotopic (exact) mass is 374 g/mol. The molecule has 8 heteroatoms. The molecule has 1 aliphatic heterocycles. The van der Waals surface area contributed by atoms with Crippen LogP contribution in [0.4, 0.5) is 10.1 Å². The van der Waals surface area contributed by atoms with Gasteiger partial charge in [-0.15, -0.1) is 0 Å². The summed E-state index contributed by atoms with van der Waals surface area (Å²) in [6.07, 6.45) is 0. The minimum atomic E-state index is -0.333. The highest BCUT2D eigenvalue weighted by Crippen LogP contribution is 2.23. The van der Waals surface area contributed by atoms with Crippen molar-refractivity contribution < 1.29 is 13.9 Å². The van der Waals surface area contributed by atoms with Gasteiger partial charge < -0.3 is 9.72 Å². The van der Waals surface area contributed by atoms with Crippen LogP contribution < -0.4 is 5.43 Å². The van der Waals surface area contributed by atoms with E-state index in [1.807, 2.05) is 13.8 Å². The highest BCUT2D eigenvalue weighted by molar-refractivity contribution is 8.14. The fourth-order valence-electron chi connectivity index (χ4n) is 2.68. The number of rotatable bonds is 4. The quantitative estimate of drug-likeness (QED) is 0.801. The predicted octanol–water partition coefficient (Wildman–Crippen LogP) is 3.68. The van der Waals surface area contributed by atoms with E-state index in [-0.39, 0.29) is 11.8 Å². The van der Waals surface area contributed by atoms with Gasteiger partial charge in [-0.25, -0.2) is 14.2 Å². The number of carbonyl (C=O) groups is 1. The van der Waals surface area contributed by atoms with Crippen LogP contribution in [0.3, 0.4) is 0 Å². The number of thioether (sulfide) groups is 1. The summed E-state index contributed by atoms with van der Waals surface area (Å²) in [6.45, 7) is 5.83. The largest absolute Gasteiger partial charge is 0.462 e. The lowest BCUT2D eigenvalue weighted by Gasteiger charge is -2.14. The fourth-order valence-corrected chi connectivity index (χ4v) is 3.45. The molecular weight excluding hydrogens is 355 g/mol. The van der Waals surface area contributed by atoms with E-state index in [4.69, 9.17) is 4.74 Å². The average Bonchev–Trinajstić information content (AvgIpc) is 2.92. The van der Waals surface area contributed by atoms with Gasteiger partial charge in [-0.3, -0.25) is 5.43 Å². The lowest BCUT2D eigenvalue weighted by atomic mass is 10.1. The number of hydrogen-bond acceptors (Lipinski definition) is 5. The second kappa shape index (κ2) is 7.74. The Morgan fingerprint density at radius 3 is 2.69 bits per heavy atom. The Morgan fingerprint density at radius 2 is 2.08 bits per heavy atom. The maximum atomic E-state index is 13.0. The number of hydrogen-bond donors (Lipinski definition) is 2. The number of benzene rings is 1. The van der Waals surface area contributed by atoms with Crippen LogP contribution in [0.25, 0.3) is 0 Å². The van der Waals surface area contributed by atoms with Crippen LogP contribution in [-0.4, -0.2) is 34.2 Å². The van der Waals surface area contributed by atoms with E-state index in [2.05, 4.69) is 20.5 Å². The van der Waals surface area contributed by atoms with Crippen LogP contribution in [0, 0.1) is 19.7 Å². The molecule has 26 heavy (non-hydrogen) atoms. The van der Waals surface area contributed by atoms with Gasteiger partial charge in [-0.2, -0.15) is 5.10 Å². The Hall–Kier alpha value is -2.61. The van der Waals surface area contributed by atoms with Crippen LogP contribution in [0.15, 0.2) is 34.4 Å². The Kier molecular flexibility index (Phi) is 5.41. The number of amidine groups is 1. The molecule has 0 aliphatic carbocycles. The van der Waals surface area contributed by atoms with Crippen LogP contribution in [0.1, 0.15) is 34.2 Å². The number of nitrogens with zero attached hydrogens (tertiary/aromatic N) is 2. The number of aromatic amines is 1. The van der Waals surface area contributed by atoms with E-state index >= 15 is 0 Å². The van der Waals surface area contributed by atoms with Crippen molar-refractivity contribution in [3.8, 4) is 0 Å². The summed E-state index contributed by atoms with van der Waals surface area (Å²) in [5.74, 6) is -0.0371. The molecule has 2 aromatic rings. The maximum absolute atomic E-state index is 13.0. The molecule has 2 heterocycles. The van der Waals surface area contributed by atoms with Crippen molar-refractivity contribution in [1.82, 2.24) is 10.4 Å². The second-order valence-corrected chi connectivity index (χ2v) is 6.66. The molecule has 0 amide bonds. The molecule has 0 saturated heterocycles. The smallest absolute Gasteiger partial charge is 0.340 e. The van der Waals surface area contributed by atoms with Crippen LogP contribution in [-0.2, 0) is 4.74 Å². The molecule has 136 valence electrons. The first-order valence-corrected chi connectivity index (χ1v) is 9.14. The normalized spacial score (nSPS) is 15.5. The number of aliphatic imine (C=N–C) groups is 1. The van der Waals surface area contributed by atoms with Gasteiger partial charge >= 0.3 is 5.97 Å². The predicted molar refractivity (Wildman–Crippen MR) is 102 cm³/mol. The number of aryl methyl sites for hydroxylation is 1. The summed E-state index contributed by atoms with van der Waals surface area (Å²) in [7, 11) is 0. The van der Waals surface area contributed by atoms with Crippen molar-refractivity contribution in [2.45, 2.75) is 20.8 Å². The fraction of sp³-hybridized carbons (Fsp3) is 0.278. The van der Waals surface area contributed by atoms with Gasteiger partial charge in [0.15, 0.2) is 5.17 Å². The number of aromatic nitrogens is 1. The lowest BCUT2D eigenvalue weighted by Crippen LogP contribution is -2.25. The molecule has 1 aromatic carbocycles.